The molecule has 0 aromatic heterocycles. The molecule has 0 aromatic carbocycles. The quantitative estimate of drug-likeness (QED) is 0.617. The van der Waals surface area contributed by atoms with Gasteiger partial charge in [0.25, 0.3) is 0 Å². The van der Waals surface area contributed by atoms with Crippen LogP contribution in [0.1, 0.15) is 45.4 Å². The Morgan fingerprint density at radius 2 is 2.15 bits per heavy atom. The SMILES string of the molecule is CCCCC[C@H](CCC#N)C(=O)O. The fourth-order valence-corrected chi connectivity index (χ4v) is 1.27. The van der Waals surface area contributed by atoms with Crippen LogP contribution in [0.3, 0.4) is 0 Å². The zero-order chi connectivity index (χ0) is 10.1. The molecule has 0 rings (SSSR count). The van der Waals surface area contributed by atoms with E-state index in [4.69, 9.17) is 10.4 Å². The summed E-state index contributed by atoms with van der Waals surface area (Å²) in [5, 5.41) is 17.1. The van der Waals surface area contributed by atoms with Crippen LogP contribution in [0.4, 0.5) is 0 Å². The number of carboxylic acid groups (broad SMARTS) is 1. The third-order valence-electron chi connectivity index (χ3n) is 2.11. The largest absolute Gasteiger partial charge is 0.481 e. The van der Waals surface area contributed by atoms with Gasteiger partial charge < -0.3 is 5.11 Å². The summed E-state index contributed by atoms with van der Waals surface area (Å²) < 4.78 is 0. The van der Waals surface area contributed by atoms with Gasteiger partial charge in [-0.15, -0.1) is 0 Å². The molecule has 0 saturated heterocycles. The highest BCUT2D eigenvalue weighted by Crippen LogP contribution is 2.15. The van der Waals surface area contributed by atoms with Gasteiger partial charge in [-0.3, -0.25) is 4.79 Å². The summed E-state index contributed by atoms with van der Waals surface area (Å²) in [7, 11) is 0. The third kappa shape index (κ3) is 6.15. The average molecular weight is 183 g/mol. The Balaban J connectivity index is 3.68. The third-order valence-corrected chi connectivity index (χ3v) is 2.11. The maximum Gasteiger partial charge on any atom is 0.306 e. The number of hydrogen-bond acceptors (Lipinski definition) is 2. The minimum Gasteiger partial charge on any atom is -0.481 e. The number of hydrogen-bond donors (Lipinski definition) is 1. The molecule has 3 nitrogen and oxygen atoms in total. The van der Waals surface area contributed by atoms with Gasteiger partial charge in [0.05, 0.1) is 12.0 Å². The monoisotopic (exact) mass is 183 g/mol. The minimum absolute atomic E-state index is 0.314. The zero-order valence-corrected chi connectivity index (χ0v) is 8.12. The minimum atomic E-state index is -0.758. The predicted molar refractivity (Wildman–Crippen MR) is 50.1 cm³/mol. The van der Waals surface area contributed by atoms with E-state index in [0.717, 1.165) is 19.3 Å². The van der Waals surface area contributed by atoms with Gasteiger partial charge in [-0.05, 0) is 12.8 Å². The van der Waals surface area contributed by atoms with Gasteiger partial charge in [0.2, 0.25) is 0 Å². The van der Waals surface area contributed by atoms with Gasteiger partial charge in [-0.2, -0.15) is 5.26 Å². The molecule has 0 unspecified atom stereocenters. The highest BCUT2D eigenvalue weighted by molar-refractivity contribution is 5.69. The number of carboxylic acids is 1. The number of rotatable bonds is 7. The summed E-state index contributed by atoms with van der Waals surface area (Å²) in [5.41, 5.74) is 0. The topological polar surface area (TPSA) is 61.1 Å². The highest BCUT2D eigenvalue weighted by Gasteiger charge is 2.15. The molecule has 0 radical (unpaired) electrons. The lowest BCUT2D eigenvalue weighted by molar-refractivity contribution is -0.142. The summed E-state index contributed by atoms with van der Waals surface area (Å²) in [6, 6.07) is 1.98. The summed E-state index contributed by atoms with van der Waals surface area (Å²) >= 11 is 0. The van der Waals surface area contributed by atoms with Crippen LogP contribution in [0.2, 0.25) is 0 Å². The molecular formula is C10H17NO2. The normalized spacial score (nSPS) is 12.0. The van der Waals surface area contributed by atoms with Crippen molar-refractivity contribution in [3.8, 4) is 6.07 Å². The molecule has 0 spiro atoms. The van der Waals surface area contributed by atoms with Crippen molar-refractivity contribution in [1.82, 2.24) is 0 Å². The first-order chi connectivity index (χ1) is 6.22. The lowest BCUT2D eigenvalue weighted by Crippen LogP contribution is -2.13. The van der Waals surface area contributed by atoms with Crippen LogP contribution in [0.15, 0.2) is 0 Å². The highest BCUT2D eigenvalue weighted by atomic mass is 16.4. The molecule has 3 heteroatoms. The summed E-state index contributed by atoms with van der Waals surface area (Å²) in [5.74, 6) is -1.07. The molecule has 0 aliphatic carbocycles. The molecule has 1 N–H and O–H groups in total. The molecule has 0 amide bonds. The van der Waals surface area contributed by atoms with Crippen LogP contribution < -0.4 is 0 Å². The van der Waals surface area contributed by atoms with Gasteiger partial charge in [0, 0.05) is 6.42 Å². The number of nitrogens with zero attached hydrogens (tertiary/aromatic N) is 1. The maximum atomic E-state index is 10.7. The Hall–Kier alpha value is -1.04. The lowest BCUT2D eigenvalue weighted by Gasteiger charge is -2.08. The molecule has 0 saturated carbocycles. The number of carbonyl (C=O) groups is 1. The van der Waals surface area contributed by atoms with E-state index in [1.165, 1.54) is 0 Å². The second kappa shape index (κ2) is 7.60. The van der Waals surface area contributed by atoms with Crippen LogP contribution in [-0.2, 0) is 4.79 Å². The molecule has 0 heterocycles. The Kier molecular flexibility index (Phi) is 6.99. The fourth-order valence-electron chi connectivity index (χ4n) is 1.27. The van der Waals surface area contributed by atoms with Gasteiger partial charge in [-0.1, -0.05) is 26.2 Å². The standard InChI is InChI=1S/C10H17NO2/c1-2-3-4-6-9(10(12)13)7-5-8-11/h9H,2-7H2,1H3,(H,12,13)/t9-/m1/s1. The molecule has 0 bridgehead atoms. The first kappa shape index (κ1) is 12.0. The van der Waals surface area contributed by atoms with E-state index in [0.29, 0.717) is 19.3 Å². The van der Waals surface area contributed by atoms with Crippen molar-refractivity contribution < 1.29 is 9.90 Å². The molecule has 13 heavy (non-hydrogen) atoms. The van der Waals surface area contributed by atoms with E-state index in [1.54, 1.807) is 0 Å². The van der Waals surface area contributed by atoms with Gasteiger partial charge in [0.1, 0.15) is 0 Å². The molecule has 74 valence electrons. The molecule has 0 aromatic rings. The lowest BCUT2D eigenvalue weighted by atomic mass is 9.97. The van der Waals surface area contributed by atoms with Crippen molar-refractivity contribution in [2.75, 3.05) is 0 Å². The Morgan fingerprint density at radius 3 is 2.62 bits per heavy atom. The Bertz CT molecular complexity index is 184. The van der Waals surface area contributed by atoms with Crippen molar-refractivity contribution in [1.29, 1.82) is 5.26 Å². The van der Waals surface area contributed by atoms with E-state index < -0.39 is 5.97 Å². The van der Waals surface area contributed by atoms with E-state index in [9.17, 15) is 4.79 Å². The molecule has 0 aliphatic heterocycles. The van der Waals surface area contributed by atoms with Crippen molar-refractivity contribution in [3.05, 3.63) is 0 Å². The Labute approximate surface area is 79.4 Å². The summed E-state index contributed by atoms with van der Waals surface area (Å²) in [6.07, 6.45) is 4.70. The van der Waals surface area contributed by atoms with Gasteiger partial charge in [-0.25, -0.2) is 0 Å². The second-order valence-electron chi connectivity index (χ2n) is 3.23. The number of unbranched alkanes of at least 4 members (excludes halogenated alkanes) is 2. The van der Waals surface area contributed by atoms with Gasteiger partial charge in [0.15, 0.2) is 0 Å². The Morgan fingerprint density at radius 1 is 1.46 bits per heavy atom. The van der Waals surface area contributed by atoms with Crippen LogP contribution in [-0.4, -0.2) is 11.1 Å². The first-order valence-electron chi connectivity index (χ1n) is 4.82. The van der Waals surface area contributed by atoms with Crippen LogP contribution in [0.5, 0.6) is 0 Å². The molecular weight excluding hydrogens is 166 g/mol. The van der Waals surface area contributed by atoms with E-state index in [2.05, 4.69) is 6.92 Å². The number of aliphatic carboxylic acids is 1. The van der Waals surface area contributed by atoms with E-state index in [-0.39, 0.29) is 5.92 Å². The van der Waals surface area contributed by atoms with E-state index in [1.807, 2.05) is 6.07 Å². The first-order valence-corrected chi connectivity index (χ1v) is 4.82. The summed E-state index contributed by atoms with van der Waals surface area (Å²) in [4.78, 5) is 10.7. The smallest absolute Gasteiger partial charge is 0.306 e. The van der Waals surface area contributed by atoms with Gasteiger partial charge >= 0.3 is 5.97 Å². The predicted octanol–water partition coefficient (Wildman–Crippen LogP) is 2.57. The molecule has 1 atom stereocenters. The summed E-state index contributed by atoms with van der Waals surface area (Å²) in [6.45, 7) is 2.09. The average Bonchev–Trinajstić information content (AvgIpc) is 2.10. The number of nitriles is 1. The van der Waals surface area contributed by atoms with Crippen LogP contribution in [0.25, 0.3) is 0 Å². The zero-order valence-electron chi connectivity index (χ0n) is 8.12. The molecule has 0 aliphatic rings. The van der Waals surface area contributed by atoms with Crippen molar-refractivity contribution in [2.45, 2.75) is 45.4 Å². The molecule has 0 fully saturated rings. The van der Waals surface area contributed by atoms with Crippen LogP contribution >= 0.6 is 0 Å². The van der Waals surface area contributed by atoms with Crippen molar-refractivity contribution in [3.63, 3.8) is 0 Å². The van der Waals surface area contributed by atoms with Crippen molar-refractivity contribution >= 4 is 5.97 Å². The second-order valence-corrected chi connectivity index (χ2v) is 3.23. The van der Waals surface area contributed by atoms with Crippen LogP contribution in [0, 0.1) is 17.2 Å². The van der Waals surface area contributed by atoms with Crippen molar-refractivity contribution in [2.24, 2.45) is 5.92 Å². The van der Waals surface area contributed by atoms with E-state index >= 15 is 0 Å². The fraction of sp³-hybridized carbons (Fsp3) is 0.800. The maximum absolute atomic E-state index is 10.7.